The number of imidazole rings is 1. The van der Waals surface area contributed by atoms with E-state index in [1.54, 1.807) is 24.3 Å². The van der Waals surface area contributed by atoms with Crippen LogP contribution in [0.4, 0.5) is 0 Å². The predicted octanol–water partition coefficient (Wildman–Crippen LogP) is 1.75. The normalized spacial score (nSPS) is 10.8. The summed E-state index contributed by atoms with van der Waals surface area (Å²) < 4.78 is 1.19. The van der Waals surface area contributed by atoms with Crippen LogP contribution in [0, 0.1) is 11.3 Å². The van der Waals surface area contributed by atoms with Crippen molar-refractivity contribution in [3.8, 4) is 17.5 Å². The maximum absolute atomic E-state index is 12.4. The number of hydrogen-bond acceptors (Lipinski definition) is 4. The molecule has 0 atom stereocenters. The minimum atomic E-state index is -0.450. The number of fused-ring (bicyclic) bond motifs is 1. The van der Waals surface area contributed by atoms with E-state index in [9.17, 15) is 9.59 Å². The summed E-state index contributed by atoms with van der Waals surface area (Å²) >= 11 is 0. The molecule has 23 heavy (non-hydrogen) atoms. The van der Waals surface area contributed by atoms with Crippen LogP contribution in [0.2, 0.25) is 0 Å². The fraction of sp³-hybridized carbons (Fsp3) is 0.250. The Hall–Kier alpha value is -3.14. The molecule has 0 aliphatic rings. The Bertz CT molecular complexity index is 1000. The van der Waals surface area contributed by atoms with Crippen molar-refractivity contribution in [3.63, 3.8) is 0 Å². The first-order valence-corrected chi connectivity index (χ1v) is 7.37. The fourth-order valence-electron chi connectivity index (χ4n) is 2.37. The molecule has 0 saturated heterocycles. The van der Waals surface area contributed by atoms with E-state index < -0.39 is 5.69 Å². The third kappa shape index (κ3) is 2.66. The molecule has 0 unspecified atom stereocenters. The quantitative estimate of drug-likeness (QED) is 0.765. The summed E-state index contributed by atoms with van der Waals surface area (Å²) in [7, 11) is 0. The van der Waals surface area contributed by atoms with E-state index in [2.05, 4.69) is 15.0 Å². The summed E-state index contributed by atoms with van der Waals surface area (Å²) in [4.78, 5) is 34.3. The summed E-state index contributed by atoms with van der Waals surface area (Å²) in [6.07, 6.45) is 1.65. The van der Waals surface area contributed by atoms with Crippen molar-refractivity contribution < 1.29 is 0 Å². The highest BCUT2D eigenvalue weighted by molar-refractivity contribution is 5.74. The number of nitrogens with zero attached hydrogens (tertiary/aromatic N) is 3. The van der Waals surface area contributed by atoms with Crippen LogP contribution in [0.5, 0.6) is 0 Å². The topological polar surface area (TPSA) is 107 Å². The molecule has 1 aromatic carbocycles. The molecule has 0 fully saturated rings. The van der Waals surface area contributed by atoms with E-state index in [1.165, 1.54) is 4.57 Å². The lowest BCUT2D eigenvalue weighted by Crippen LogP contribution is -2.35. The van der Waals surface area contributed by atoms with Gasteiger partial charge in [0.05, 0.1) is 11.6 Å². The molecular formula is C16H15N5O2. The summed E-state index contributed by atoms with van der Waals surface area (Å²) in [6.45, 7) is 2.38. The van der Waals surface area contributed by atoms with Crippen molar-refractivity contribution in [3.05, 3.63) is 50.7 Å². The molecule has 2 heterocycles. The molecule has 0 saturated carbocycles. The maximum Gasteiger partial charge on any atom is 0.330 e. The van der Waals surface area contributed by atoms with Gasteiger partial charge in [-0.15, -0.1) is 0 Å². The van der Waals surface area contributed by atoms with Gasteiger partial charge in [-0.2, -0.15) is 5.26 Å². The maximum atomic E-state index is 12.4. The van der Waals surface area contributed by atoms with Gasteiger partial charge in [-0.1, -0.05) is 13.3 Å². The lowest BCUT2D eigenvalue weighted by molar-refractivity contribution is 0.588. The van der Waals surface area contributed by atoms with Crippen molar-refractivity contribution in [2.75, 3.05) is 0 Å². The Morgan fingerprint density at radius 3 is 2.61 bits per heavy atom. The average molecular weight is 309 g/mol. The zero-order chi connectivity index (χ0) is 16.4. The van der Waals surface area contributed by atoms with Crippen LogP contribution >= 0.6 is 0 Å². The van der Waals surface area contributed by atoms with E-state index in [1.807, 2.05) is 13.0 Å². The van der Waals surface area contributed by atoms with E-state index in [-0.39, 0.29) is 16.7 Å². The standard InChI is InChI=1S/C16H15N5O2/c1-2-3-8-21-15(22)12-14(20-16(21)23)19-13(18-12)11-6-4-10(9-17)5-7-11/h4-7H,2-3,8H2,1H3,(H,18,19)(H,20,23). The van der Waals surface area contributed by atoms with Crippen LogP contribution in [-0.2, 0) is 6.54 Å². The van der Waals surface area contributed by atoms with Gasteiger partial charge in [-0.25, -0.2) is 9.78 Å². The highest BCUT2D eigenvalue weighted by Crippen LogP contribution is 2.17. The van der Waals surface area contributed by atoms with Gasteiger partial charge in [-0.05, 0) is 30.7 Å². The number of nitriles is 1. The molecule has 2 N–H and O–H groups in total. The van der Waals surface area contributed by atoms with Gasteiger partial charge in [0, 0.05) is 12.1 Å². The van der Waals surface area contributed by atoms with Crippen LogP contribution in [0.25, 0.3) is 22.6 Å². The van der Waals surface area contributed by atoms with Gasteiger partial charge < -0.3 is 4.98 Å². The average Bonchev–Trinajstić information content (AvgIpc) is 2.99. The van der Waals surface area contributed by atoms with Gasteiger partial charge in [0.2, 0.25) is 0 Å². The molecule has 116 valence electrons. The number of aromatic nitrogens is 4. The molecule has 0 amide bonds. The molecule has 3 rings (SSSR count). The number of benzene rings is 1. The van der Waals surface area contributed by atoms with Crippen LogP contribution < -0.4 is 11.2 Å². The molecule has 7 nitrogen and oxygen atoms in total. The van der Waals surface area contributed by atoms with Crippen molar-refractivity contribution in [1.82, 2.24) is 19.5 Å². The summed E-state index contributed by atoms with van der Waals surface area (Å²) in [5.41, 5.74) is 0.978. The number of aromatic amines is 2. The number of H-pyrrole nitrogens is 2. The monoisotopic (exact) mass is 309 g/mol. The molecule has 7 heteroatoms. The number of hydrogen-bond donors (Lipinski definition) is 2. The van der Waals surface area contributed by atoms with Crippen molar-refractivity contribution >= 4 is 11.2 Å². The van der Waals surface area contributed by atoms with Gasteiger partial charge in [-0.3, -0.25) is 14.3 Å². The number of nitrogens with one attached hydrogen (secondary N) is 2. The van der Waals surface area contributed by atoms with E-state index in [0.29, 0.717) is 17.9 Å². The first-order chi connectivity index (χ1) is 11.1. The second-order valence-corrected chi connectivity index (χ2v) is 5.24. The van der Waals surface area contributed by atoms with Gasteiger partial charge in [0.15, 0.2) is 5.65 Å². The van der Waals surface area contributed by atoms with Crippen molar-refractivity contribution in [2.45, 2.75) is 26.3 Å². The smallest absolute Gasteiger partial charge is 0.330 e. The first kappa shape index (κ1) is 14.8. The highest BCUT2D eigenvalue weighted by Gasteiger charge is 2.13. The van der Waals surface area contributed by atoms with Crippen LogP contribution in [0.3, 0.4) is 0 Å². The largest absolute Gasteiger partial charge is 0.332 e. The Labute approximate surface area is 131 Å². The van der Waals surface area contributed by atoms with Crippen LogP contribution in [-0.4, -0.2) is 19.5 Å². The zero-order valence-electron chi connectivity index (χ0n) is 12.6. The fourth-order valence-corrected chi connectivity index (χ4v) is 2.37. The predicted molar refractivity (Wildman–Crippen MR) is 86.0 cm³/mol. The number of rotatable bonds is 4. The summed E-state index contributed by atoms with van der Waals surface area (Å²) in [6, 6.07) is 8.87. The van der Waals surface area contributed by atoms with Crippen molar-refractivity contribution in [1.29, 1.82) is 5.26 Å². The van der Waals surface area contributed by atoms with Gasteiger partial charge in [0.1, 0.15) is 11.3 Å². The lowest BCUT2D eigenvalue weighted by atomic mass is 10.1. The van der Waals surface area contributed by atoms with Gasteiger partial charge >= 0.3 is 5.69 Å². The molecule has 0 aliphatic heterocycles. The molecule has 3 aromatic rings. The minimum absolute atomic E-state index is 0.243. The second-order valence-electron chi connectivity index (χ2n) is 5.24. The zero-order valence-corrected chi connectivity index (χ0v) is 12.6. The number of unbranched alkanes of at least 4 members (excludes halogenated alkanes) is 1. The van der Waals surface area contributed by atoms with Crippen LogP contribution in [0.15, 0.2) is 33.9 Å². The SMILES string of the molecule is CCCCn1c(=O)[nH]c2nc(-c3ccc(C#N)cc3)[nH]c2c1=O. The van der Waals surface area contributed by atoms with Crippen molar-refractivity contribution in [2.24, 2.45) is 0 Å². The molecule has 2 aromatic heterocycles. The van der Waals surface area contributed by atoms with E-state index in [0.717, 1.165) is 18.4 Å². The third-order valence-corrected chi connectivity index (χ3v) is 3.66. The summed E-state index contributed by atoms with van der Waals surface area (Å²) in [5, 5.41) is 8.82. The molecular weight excluding hydrogens is 294 g/mol. The van der Waals surface area contributed by atoms with E-state index >= 15 is 0 Å². The Balaban J connectivity index is 2.11. The Morgan fingerprint density at radius 1 is 1.22 bits per heavy atom. The Kier molecular flexibility index (Phi) is 3.81. The lowest BCUT2D eigenvalue weighted by Gasteiger charge is -2.01. The Morgan fingerprint density at radius 2 is 1.96 bits per heavy atom. The third-order valence-electron chi connectivity index (χ3n) is 3.66. The summed E-state index contributed by atoms with van der Waals surface area (Å²) in [5.74, 6) is 0.477. The minimum Gasteiger partial charge on any atom is -0.332 e. The molecule has 0 bridgehead atoms. The molecule has 0 aliphatic carbocycles. The second kappa shape index (κ2) is 5.93. The highest BCUT2D eigenvalue weighted by atomic mass is 16.2. The molecule has 0 spiro atoms. The van der Waals surface area contributed by atoms with Gasteiger partial charge in [0.25, 0.3) is 5.56 Å². The molecule has 0 radical (unpaired) electrons. The van der Waals surface area contributed by atoms with E-state index in [4.69, 9.17) is 5.26 Å². The van der Waals surface area contributed by atoms with Crippen LogP contribution in [0.1, 0.15) is 25.3 Å². The first-order valence-electron chi connectivity index (χ1n) is 7.37.